The number of likely N-dealkylation sites (tertiary alicyclic amines) is 1. The molecule has 4 heteroatoms. The van der Waals surface area contributed by atoms with Crippen molar-refractivity contribution in [3.63, 3.8) is 0 Å². The van der Waals surface area contributed by atoms with Gasteiger partial charge >= 0.3 is 0 Å². The fraction of sp³-hybridized carbons (Fsp3) is 0.632. The lowest BCUT2D eigenvalue weighted by atomic mass is 9.84. The minimum atomic E-state index is -0.405. The number of carbonyl (C=O) groups excluding carboxylic acids is 1. The molecule has 0 radical (unpaired) electrons. The molecular weight excluding hydrogens is 308 g/mol. The summed E-state index contributed by atoms with van der Waals surface area (Å²) in [5.41, 5.74) is 1.94. The zero-order valence-corrected chi connectivity index (χ0v) is 15.7. The molecule has 23 heavy (non-hydrogen) atoms. The van der Waals surface area contributed by atoms with E-state index in [9.17, 15) is 4.79 Å². The first-order valence-electron chi connectivity index (χ1n) is 8.51. The molecule has 1 atom stereocenters. The summed E-state index contributed by atoms with van der Waals surface area (Å²) in [7, 11) is 2.08. The Morgan fingerprint density at radius 3 is 2.70 bits per heavy atom. The van der Waals surface area contributed by atoms with E-state index in [0.29, 0.717) is 5.92 Å². The monoisotopic (exact) mass is 336 g/mol. The summed E-state index contributed by atoms with van der Waals surface area (Å²) in [4.78, 5) is 15.0. The smallest absolute Gasteiger partial charge is 0.225 e. The van der Waals surface area contributed by atoms with Gasteiger partial charge in [-0.25, -0.2) is 0 Å². The van der Waals surface area contributed by atoms with Crippen LogP contribution in [0.25, 0.3) is 0 Å². The van der Waals surface area contributed by atoms with Crippen LogP contribution in [0.5, 0.6) is 0 Å². The lowest BCUT2D eigenvalue weighted by Gasteiger charge is -2.34. The molecule has 128 valence electrons. The average molecular weight is 337 g/mol. The number of carbonyl (C=O) groups is 1. The van der Waals surface area contributed by atoms with Gasteiger partial charge in [0.1, 0.15) is 0 Å². The van der Waals surface area contributed by atoms with Crippen LogP contribution in [0.4, 0.5) is 0 Å². The van der Waals surface area contributed by atoms with Crippen molar-refractivity contribution in [2.75, 3.05) is 20.1 Å². The topological polar surface area (TPSA) is 32.3 Å². The molecule has 2 rings (SSSR count). The number of hydrogen-bond acceptors (Lipinski definition) is 2. The highest BCUT2D eigenvalue weighted by Gasteiger charge is 2.31. The van der Waals surface area contributed by atoms with Gasteiger partial charge in [-0.05, 0) is 69.5 Å². The van der Waals surface area contributed by atoms with Crippen LogP contribution in [-0.4, -0.2) is 30.9 Å². The van der Waals surface area contributed by atoms with Crippen LogP contribution in [-0.2, 0) is 10.3 Å². The Hall–Kier alpha value is -1.06. The lowest BCUT2D eigenvalue weighted by molar-refractivity contribution is -0.128. The van der Waals surface area contributed by atoms with Crippen LogP contribution < -0.4 is 5.32 Å². The molecule has 1 aromatic carbocycles. The molecule has 1 aliphatic heterocycles. The maximum absolute atomic E-state index is 12.7. The van der Waals surface area contributed by atoms with E-state index in [0.717, 1.165) is 36.5 Å². The zero-order valence-electron chi connectivity index (χ0n) is 14.9. The highest BCUT2D eigenvalue weighted by atomic mass is 35.5. The Morgan fingerprint density at radius 1 is 1.39 bits per heavy atom. The molecule has 1 aliphatic rings. The van der Waals surface area contributed by atoms with E-state index in [1.807, 2.05) is 18.2 Å². The fourth-order valence-electron chi connectivity index (χ4n) is 3.44. The molecule has 1 N–H and O–H groups in total. The number of nitrogens with one attached hydrogen (secondary N) is 1. The molecule has 1 fully saturated rings. The lowest BCUT2D eigenvalue weighted by Crippen LogP contribution is -2.48. The molecule has 0 spiro atoms. The van der Waals surface area contributed by atoms with E-state index in [4.69, 9.17) is 11.6 Å². The van der Waals surface area contributed by atoms with E-state index in [2.05, 4.69) is 45.0 Å². The van der Waals surface area contributed by atoms with Crippen molar-refractivity contribution in [2.24, 2.45) is 5.92 Å². The number of rotatable bonds is 4. The summed E-state index contributed by atoms with van der Waals surface area (Å²) in [6.45, 7) is 10.4. The van der Waals surface area contributed by atoms with Crippen molar-refractivity contribution >= 4 is 17.5 Å². The number of piperidine rings is 1. The van der Waals surface area contributed by atoms with Gasteiger partial charge in [0.25, 0.3) is 0 Å². The Labute approximate surface area is 145 Å². The second kappa shape index (κ2) is 7.23. The van der Waals surface area contributed by atoms with E-state index in [-0.39, 0.29) is 11.8 Å². The minimum absolute atomic E-state index is 0.0859. The molecule has 1 amide bonds. The quantitative estimate of drug-likeness (QED) is 0.895. The maximum atomic E-state index is 12.7. The van der Waals surface area contributed by atoms with Gasteiger partial charge in [-0.1, -0.05) is 31.5 Å². The summed E-state index contributed by atoms with van der Waals surface area (Å²) >= 11 is 6.16. The van der Waals surface area contributed by atoms with Crippen LogP contribution in [0.2, 0.25) is 5.02 Å². The highest BCUT2D eigenvalue weighted by Crippen LogP contribution is 2.32. The Kier molecular flexibility index (Phi) is 5.74. The summed E-state index contributed by atoms with van der Waals surface area (Å²) in [6.07, 6.45) is 2.07. The molecule has 1 aromatic rings. The van der Waals surface area contributed by atoms with Crippen molar-refractivity contribution in [1.29, 1.82) is 0 Å². The average Bonchev–Trinajstić information content (AvgIpc) is 2.46. The van der Waals surface area contributed by atoms with E-state index < -0.39 is 5.54 Å². The predicted octanol–water partition coefficient (Wildman–Crippen LogP) is 4.16. The van der Waals surface area contributed by atoms with Crippen LogP contribution >= 0.6 is 11.6 Å². The minimum Gasteiger partial charge on any atom is -0.347 e. The predicted molar refractivity (Wildman–Crippen MR) is 96.9 cm³/mol. The van der Waals surface area contributed by atoms with E-state index >= 15 is 0 Å². The first kappa shape index (κ1) is 18.3. The molecular formula is C19H29ClN2O. The number of benzene rings is 1. The molecule has 0 unspecified atom stereocenters. The SMILES string of the molecule is CC(C)c1cc(Cl)ccc1C(C)(C)NC(=O)[C@H]1CCCN(C)C1. The summed E-state index contributed by atoms with van der Waals surface area (Å²) < 4.78 is 0. The van der Waals surface area contributed by atoms with Crippen LogP contribution in [0, 0.1) is 5.92 Å². The zero-order chi connectivity index (χ0) is 17.2. The fourth-order valence-corrected chi connectivity index (χ4v) is 3.62. The van der Waals surface area contributed by atoms with Gasteiger partial charge in [0.15, 0.2) is 0 Å². The summed E-state index contributed by atoms with van der Waals surface area (Å²) in [5, 5.41) is 4.01. The van der Waals surface area contributed by atoms with Crippen molar-refractivity contribution in [3.8, 4) is 0 Å². The number of amides is 1. The molecule has 0 saturated carbocycles. The van der Waals surface area contributed by atoms with Gasteiger partial charge in [0.05, 0.1) is 11.5 Å². The third-order valence-corrected chi connectivity index (χ3v) is 4.98. The van der Waals surface area contributed by atoms with Gasteiger partial charge in [0.2, 0.25) is 5.91 Å². The standard InChI is InChI=1S/C19H29ClN2O/c1-13(2)16-11-15(20)8-9-17(16)19(3,4)21-18(23)14-7-6-10-22(5)12-14/h8-9,11,13-14H,6-7,10,12H2,1-5H3,(H,21,23)/t14-/m0/s1. The highest BCUT2D eigenvalue weighted by molar-refractivity contribution is 6.30. The summed E-state index contributed by atoms with van der Waals surface area (Å²) in [5.74, 6) is 0.606. The maximum Gasteiger partial charge on any atom is 0.225 e. The molecule has 0 aliphatic carbocycles. The van der Waals surface area contributed by atoms with Gasteiger partial charge in [-0.2, -0.15) is 0 Å². The first-order chi connectivity index (χ1) is 10.7. The number of nitrogens with zero attached hydrogens (tertiary/aromatic N) is 1. The van der Waals surface area contributed by atoms with E-state index in [1.54, 1.807) is 0 Å². The van der Waals surface area contributed by atoms with Crippen molar-refractivity contribution in [3.05, 3.63) is 34.3 Å². The van der Waals surface area contributed by atoms with Crippen molar-refractivity contribution in [2.45, 2.75) is 52.0 Å². The largest absolute Gasteiger partial charge is 0.347 e. The van der Waals surface area contributed by atoms with Gasteiger partial charge in [-0.3, -0.25) is 4.79 Å². The van der Waals surface area contributed by atoms with Gasteiger partial charge < -0.3 is 10.2 Å². The van der Waals surface area contributed by atoms with Gasteiger partial charge in [0, 0.05) is 11.6 Å². The Bertz CT molecular complexity index is 568. The molecule has 0 aromatic heterocycles. The third-order valence-electron chi connectivity index (χ3n) is 4.74. The molecule has 3 nitrogen and oxygen atoms in total. The second-order valence-electron chi connectivity index (χ2n) is 7.60. The molecule has 0 bridgehead atoms. The molecule has 1 heterocycles. The summed E-state index contributed by atoms with van der Waals surface area (Å²) in [6, 6.07) is 5.97. The molecule has 1 saturated heterocycles. The third kappa shape index (κ3) is 4.48. The Morgan fingerprint density at radius 2 is 2.09 bits per heavy atom. The van der Waals surface area contributed by atoms with Crippen LogP contribution in [0.15, 0.2) is 18.2 Å². The number of hydrogen-bond donors (Lipinski definition) is 1. The van der Waals surface area contributed by atoms with Crippen LogP contribution in [0.1, 0.15) is 57.6 Å². The second-order valence-corrected chi connectivity index (χ2v) is 8.04. The van der Waals surface area contributed by atoms with Crippen LogP contribution in [0.3, 0.4) is 0 Å². The van der Waals surface area contributed by atoms with Crippen molar-refractivity contribution in [1.82, 2.24) is 10.2 Å². The Balaban J connectivity index is 2.19. The normalized spacial score (nSPS) is 19.9. The first-order valence-corrected chi connectivity index (χ1v) is 8.89. The number of halogens is 1. The van der Waals surface area contributed by atoms with Crippen molar-refractivity contribution < 1.29 is 4.79 Å². The van der Waals surface area contributed by atoms with Gasteiger partial charge in [-0.15, -0.1) is 0 Å². The van der Waals surface area contributed by atoms with E-state index in [1.165, 1.54) is 5.56 Å².